The summed E-state index contributed by atoms with van der Waals surface area (Å²) in [6.45, 7) is 4.41. The smallest absolute Gasteiger partial charge is 0.163 e. The van der Waals surface area contributed by atoms with Gasteiger partial charge in [-0.1, -0.05) is 56.3 Å². The van der Waals surface area contributed by atoms with Crippen molar-refractivity contribution in [1.82, 2.24) is 0 Å². The summed E-state index contributed by atoms with van der Waals surface area (Å²) in [5.74, 6) is 0.972. The molecule has 0 fully saturated rings. The number of para-hydroxylation sites is 2. The molecule has 1 aliphatic carbocycles. The fourth-order valence-electron chi connectivity index (χ4n) is 4.54. The fraction of sp³-hybridized carbons (Fsp3) is 0.269. The number of hydrogen-bond acceptors (Lipinski definition) is 4. The molecule has 2 aromatic carbocycles. The Morgan fingerprint density at radius 1 is 0.933 bits per heavy atom. The maximum Gasteiger partial charge on any atom is 0.163 e. The summed E-state index contributed by atoms with van der Waals surface area (Å²) in [5.41, 5.74) is 6.45. The number of thiophene rings is 1. The summed E-state index contributed by atoms with van der Waals surface area (Å²) in [4.78, 5) is 14.8. The standard InChI is InChI=1S/C26H26N2OS/c1-16(2)17-9-11-18(12-10-17)26-25-22(27-20-6-3-4-7-21(20)28-26)14-19(15-23(25)29)24-8-5-13-30-24/h3-13,16,19,26-28H,14-15H2,1-2H3/t19-,26+/m0/s1. The fourth-order valence-corrected chi connectivity index (χ4v) is 5.37. The molecule has 5 rings (SSSR count). The lowest BCUT2D eigenvalue weighted by Crippen LogP contribution is -2.26. The van der Waals surface area contributed by atoms with Gasteiger partial charge < -0.3 is 10.6 Å². The maximum absolute atomic E-state index is 13.5. The molecule has 2 aliphatic rings. The second-order valence-electron chi connectivity index (χ2n) is 8.51. The van der Waals surface area contributed by atoms with Crippen LogP contribution in [0, 0.1) is 0 Å². The largest absolute Gasteiger partial charge is 0.372 e. The second kappa shape index (κ2) is 7.77. The van der Waals surface area contributed by atoms with Gasteiger partial charge in [0.1, 0.15) is 0 Å². The summed E-state index contributed by atoms with van der Waals surface area (Å²) in [6.07, 6.45) is 1.43. The van der Waals surface area contributed by atoms with Crippen molar-refractivity contribution in [3.63, 3.8) is 0 Å². The molecule has 2 N–H and O–H groups in total. The van der Waals surface area contributed by atoms with Crippen LogP contribution < -0.4 is 10.6 Å². The van der Waals surface area contributed by atoms with Crippen molar-refractivity contribution >= 4 is 28.5 Å². The van der Waals surface area contributed by atoms with Crippen molar-refractivity contribution in [1.29, 1.82) is 0 Å². The van der Waals surface area contributed by atoms with Crippen LogP contribution in [0.25, 0.3) is 0 Å². The number of carbonyl (C=O) groups excluding carboxylic acids is 1. The number of allylic oxidation sites excluding steroid dienone is 1. The lowest BCUT2D eigenvalue weighted by molar-refractivity contribution is -0.116. The molecule has 1 aromatic heterocycles. The van der Waals surface area contributed by atoms with E-state index >= 15 is 0 Å². The molecule has 0 spiro atoms. The third-order valence-corrected chi connectivity index (χ3v) is 7.23. The summed E-state index contributed by atoms with van der Waals surface area (Å²) in [5, 5.41) is 9.38. The van der Waals surface area contributed by atoms with Crippen LogP contribution in [0.2, 0.25) is 0 Å². The number of hydrogen-bond donors (Lipinski definition) is 2. The van der Waals surface area contributed by atoms with E-state index in [1.54, 1.807) is 11.3 Å². The van der Waals surface area contributed by atoms with Crippen LogP contribution in [-0.2, 0) is 4.79 Å². The third-order valence-electron chi connectivity index (χ3n) is 6.19. The van der Waals surface area contributed by atoms with Crippen molar-refractivity contribution in [3.05, 3.63) is 93.3 Å². The van der Waals surface area contributed by atoms with Gasteiger partial charge in [-0.2, -0.15) is 0 Å². The third kappa shape index (κ3) is 3.46. The highest BCUT2D eigenvalue weighted by Gasteiger charge is 2.36. The van der Waals surface area contributed by atoms with Gasteiger partial charge in [0.15, 0.2) is 5.78 Å². The predicted molar refractivity (Wildman–Crippen MR) is 125 cm³/mol. The monoisotopic (exact) mass is 414 g/mol. The SMILES string of the molecule is CC(C)c1ccc([C@H]2Nc3ccccc3NC3=C2C(=O)C[C@@H](c2cccs2)C3)cc1. The first-order chi connectivity index (χ1) is 14.6. The van der Waals surface area contributed by atoms with Gasteiger partial charge in [-0.15, -0.1) is 11.3 Å². The molecule has 1 aliphatic heterocycles. The van der Waals surface area contributed by atoms with Crippen molar-refractivity contribution < 1.29 is 4.79 Å². The second-order valence-corrected chi connectivity index (χ2v) is 9.48. The van der Waals surface area contributed by atoms with E-state index in [0.717, 1.165) is 34.6 Å². The van der Waals surface area contributed by atoms with Gasteiger partial charge in [-0.25, -0.2) is 0 Å². The molecule has 0 radical (unpaired) electrons. The normalized spacial score (nSPS) is 20.8. The molecule has 152 valence electrons. The molecule has 3 aromatic rings. The van der Waals surface area contributed by atoms with Gasteiger partial charge >= 0.3 is 0 Å². The van der Waals surface area contributed by atoms with Crippen molar-refractivity contribution in [2.75, 3.05) is 10.6 Å². The lowest BCUT2D eigenvalue weighted by Gasteiger charge is -2.29. The Kier molecular flexibility index (Phi) is 4.95. The first kappa shape index (κ1) is 19.1. The number of carbonyl (C=O) groups is 1. The van der Waals surface area contributed by atoms with Crippen molar-refractivity contribution in [2.24, 2.45) is 0 Å². The molecule has 0 bridgehead atoms. The van der Waals surface area contributed by atoms with Crippen molar-refractivity contribution in [3.8, 4) is 0 Å². The van der Waals surface area contributed by atoms with E-state index in [9.17, 15) is 4.79 Å². The Morgan fingerprint density at radius 3 is 2.40 bits per heavy atom. The molecule has 0 saturated heterocycles. The molecule has 0 amide bonds. The number of nitrogens with one attached hydrogen (secondary N) is 2. The Labute approximate surface area is 181 Å². The zero-order chi connectivity index (χ0) is 20.7. The van der Waals surface area contributed by atoms with E-state index in [4.69, 9.17) is 0 Å². The predicted octanol–water partition coefficient (Wildman–Crippen LogP) is 6.85. The zero-order valence-corrected chi connectivity index (χ0v) is 18.1. The lowest BCUT2D eigenvalue weighted by atomic mass is 9.80. The number of Topliss-reactive ketones (excluding diaryl/α,β-unsaturated/α-hetero) is 1. The average Bonchev–Trinajstić information content (AvgIpc) is 3.23. The van der Waals surface area contributed by atoms with Crippen LogP contribution in [0.3, 0.4) is 0 Å². The minimum Gasteiger partial charge on any atom is -0.372 e. The Bertz CT molecular complexity index is 1100. The minimum absolute atomic E-state index is 0.144. The topological polar surface area (TPSA) is 41.1 Å². The highest BCUT2D eigenvalue weighted by atomic mass is 32.1. The highest BCUT2D eigenvalue weighted by Crippen LogP contribution is 2.44. The van der Waals surface area contributed by atoms with Crippen molar-refractivity contribution in [2.45, 2.75) is 44.6 Å². The number of rotatable bonds is 3. The van der Waals surface area contributed by atoms with Gasteiger partial charge in [0, 0.05) is 28.5 Å². The number of anilines is 2. The van der Waals surface area contributed by atoms with Gasteiger partial charge in [0.05, 0.1) is 17.4 Å². The summed E-state index contributed by atoms with van der Waals surface area (Å²) in [7, 11) is 0. The van der Waals surface area contributed by atoms with Crippen LogP contribution in [0.1, 0.15) is 60.6 Å². The van der Waals surface area contributed by atoms with E-state index in [1.807, 2.05) is 12.1 Å². The molecule has 2 atom stereocenters. The molecule has 0 saturated carbocycles. The number of ketones is 1. The summed E-state index contributed by atoms with van der Waals surface area (Å²) >= 11 is 1.74. The van der Waals surface area contributed by atoms with Crippen LogP contribution >= 0.6 is 11.3 Å². The van der Waals surface area contributed by atoms with E-state index in [2.05, 4.69) is 78.4 Å². The van der Waals surface area contributed by atoms with E-state index in [0.29, 0.717) is 12.3 Å². The van der Waals surface area contributed by atoms with Crippen LogP contribution in [0.4, 0.5) is 11.4 Å². The molecule has 30 heavy (non-hydrogen) atoms. The summed E-state index contributed by atoms with van der Waals surface area (Å²) in [6, 6.07) is 21.0. The van der Waals surface area contributed by atoms with E-state index in [-0.39, 0.29) is 17.7 Å². The van der Waals surface area contributed by atoms with Crippen LogP contribution in [-0.4, -0.2) is 5.78 Å². The number of fused-ring (bicyclic) bond motifs is 1. The summed E-state index contributed by atoms with van der Waals surface area (Å²) < 4.78 is 0. The average molecular weight is 415 g/mol. The molecular weight excluding hydrogens is 388 g/mol. The first-order valence-electron chi connectivity index (χ1n) is 10.6. The molecule has 4 heteroatoms. The Balaban J connectivity index is 1.59. The molecular formula is C26H26N2OS. The van der Waals surface area contributed by atoms with E-state index in [1.165, 1.54) is 10.4 Å². The van der Waals surface area contributed by atoms with E-state index < -0.39 is 0 Å². The highest BCUT2D eigenvalue weighted by molar-refractivity contribution is 7.10. The molecule has 2 heterocycles. The van der Waals surface area contributed by atoms with Crippen LogP contribution in [0.15, 0.2) is 77.3 Å². The van der Waals surface area contributed by atoms with Gasteiger partial charge in [-0.3, -0.25) is 4.79 Å². The van der Waals surface area contributed by atoms with Gasteiger partial charge in [0.2, 0.25) is 0 Å². The Morgan fingerprint density at radius 2 is 1.70 bits per heavy atom. The maximum atomic E-state index is 13.5. The molecule has 3 nitrogen and oxygen atoms in total. The van der Waals surface area contributed by atoms with Gasteiger partial charge in [-0.05, 0) is 47.0 Å². The van der Waals surface area contributed by atoms with Crippen LogP contribution in [0.5, 0.6) is 0 Å². The zero-order valence-electron chi connectivity index (χ0n) is 17.3. The minimum atomic E-state index is -0.144. The first-order valence-corrected chi connectivity index (χ1v) is 11.5. The Hall–Kier alpha value is -2.85. The molecule has 0 unspecified atom stereocenters. The number of benzene rings is 2. The van der Waals surface area contributed by atoms with Gasteiger partial charge in [0.25, 0.3) is 0 Å². The quantitative estimate of drug-likeness (QED) is 0.492.